The van der Waals surface area contributed by atoms with Crippen LogP contribution in [-0.4, -0.2) is 12.0 Å². The molecule has 0 saturated carbocycles. The molecule has 0 aromatic carbocycles. The van der Waals surface area contributed by atoms with E-state index in [1.54, 1.807) is 0 Å². The van der Waals surface area contributed by atoms with Crippen LogP contribution < -0.4 is 11.3 Å². The molecule has 0 saturated heterocycles. The molecule has 4 nitrogen and oxygen atoms in total. The Kier molecular flexibility index (Phi) is 3.04. The normalized spacial score (nSPS) is 10.7. The predicted octanol–water partition coefficient (Wildman–Crippen LogP) is -0.340. The van der Waals surface area contributed by atoms with Gasteiger partial charge in [0.15, 0.2) is 0 Å². The third-order valence-corrected chi connectivity index (χ3v) is 0.467. The molecule has 0 aromatic rings. The highest BCUT2D eigenvalue weighted by atomic mass is 35.5. The molecule has 0 unspecified atom stereocenters. The molecule has 0 amide bonds. The molecule has 0 fully saturated rings. The monoisotopic (exact) mass is 120 g/mol. The molecule has 0 aliphatic heterocycles. The van der Waals surface area contributed by atoms with Crippen molar-refractivity contribution in [1.82, 2.24) is 5.43 Å². The smallest absolute Gasteiger partial charge is 0.234 e. The topological polar surface area (TPSA) is 62.8 Å². The van der Waals surface area contributed by atoms with Crippen molar-refractivity contribution in [2.75, 3.05) is 0 Å². The van der Waals surface area contributed by atoms with Crippen LogP contribution in [0, 0.1) is 0 Å². The van der Waals surface area contributed by atoms with Gasteiger partial charge in [0, 0.05) is 6.72 Å². The number of nitrogens with zero attached hydrogens (tertiary/aromatic N) is 2. The van der Waals surface area contributed by atoms with Gasteiger partial charge in [-0.3, -0.25) is 5.43 Å². The van der Waals surface area contributed by atoms with Crippen LogP contribution in [-0.2, 0) is 0 Å². The lowest BCUT2D eigenvalue weighted by atomic mass is 11.3. The minimum atomic E-state index is 0.0231. The minimum absolute atomic E-state index is 0.0231. The lowest BCUT2D eigenvalue weighted by molar-refractivity contribution is 1.04. The van der Waals surface area contributed by atoms with Gasteiger partial charge in [0.2, 0.25) is 5.29 Å². The number of hydrazone groups is 2. The van der Waals surface area contributed by atoms with E-state index in [-0.39, 0.29) is 5.29 Å². The van der Waals surface area contributed by atoms with E-state index < -0.39 is 0 Å². The number of nitrogens with two attached hydrogens (primary N) is 1. The maximum absolute atomic E-state index is 5.15. The third-order valence-electron chi connectivity index (χ3n) is 0.285. The summed E-state index contributed by atoms with van der Waals surface area (Å²) >= 11 is 5.15. The SMILES string of the molecule is C=NNC(Cl)=NN. The summed E-state index contributed by atoms with van der Waals surface area (Å²) in [6, 6.07) is 0. The van der Waals surface area contributed by atoms with Gasteiger partial charge in [0.05, 0.1) is 0 Å². The molecule has 0 spiro atoms. The number of hydrogen-bond donors (Lipinski definition) is 2. The van der Waals surface area contributed by atoms with Crippen molar-refractivity contribution in [1.29, 1.82) is 0 Å². The second-order valence-electron chi connectivity index (χ2n) is 0.690. The highest BCUT2D eigenvalue weighted by Crippen LogP contribution is 1.72. The molecule has 0 bridgehead atoms. The average Bonchev–Trinajstić information content (AvgIpc) is 1.68. The molecule has 0 aliphatic carbocycles. The van der Waals surface area contributed by atoms with E-state index >= 15 is 0 Å². The Morgan fingerprint density at radius 1 is 1.86 bits per heavy atom. The van der Waals surface area contributed by atoms with Crippen LogP contribution in [0.1, 0.15) is 0 Å². The molecule has 0 rings (SSSR count). The van der Waals surface area contributed by atoms with E-state index in [9.17, 15) is 0 Å². The van der Waals surface area contributed by atoms with E-state index in [0.717, 1.165) is 0 Å². The molecular weight excluding hydrogens is 116 g/mol. The highest BCUT2D eigenvalue weighted by Gasteiger charge is 1.80. The number of halogens is 1. The van der Waals surface area contributed by atoms with Gasteiger partial charge in [-0.2, -0.15) is 10.2 Å². The minimum Gasteiger partial charge on any atom is -0.320 e. The van der Waals surface area contributed by atoms with Gasteiger partial charge in [0.25, 0.3) is 0 Å². The third kappa shape index (κ3) is 3.05. The summed E-state index contributed by atoms with van der Waals surface area (Å²) in [4.78, 5) is 0. The summed E-state index contributed by atoms with van der Waals surface area (Å²) in [6.07, 6.45) is 0. The molecule has 0 heterocycles. The predicted molar refractivity (Wildman–Crippen MR) is 30.2 cm³/mol. The zero-order chi connectivity index (χ0) is 5.70. The van der Waals surface area contributed by atoms with Gasteiger partial charge in [-0.25, -0.2) is 0 Å². The number of nitrogens with one attached hydrogen (secondary N) is 1. The lowest BCUT2D eigenvalue weighted by Crippen LogP contribution is -2.11. The Morgan fingerprint density at radius 2 is 2.43 bits per heavy atom. The van der Waals surface area contributed by atoms with Crippen LogP contribution in [0.15, 0.2) is 10.2 Å². The Bertz CT molecular complexity index is 87.7. The van der Waals surface area contributed by atoms with E-state index in [1.165, 1.54) is 0 Å². The average molecular weight is 121 g/mol. The first-order chi connectivity index (χ1) is 3.31. The van der Waals surface area contributed by atoms with Gasteiger partial charge in [-0.1, -0.05) is 0 Å². The van der Waals surface area contributed by atoms with Crippen LogP contribution in [0.5, 0.6) is 0 Å². The van der Waals surface area contributed by atoms with Crippen LogP contribution in [0.2, 0.25) is 0 Å². The molecule has 7 heavy (non-hydrogen) atoms. The van der Waals surface area contributed by atoms with Crippen LogP contribution in [0.4, 0.5) is 0 Å². The second-order valence-corrected chi connectivity index (χ2v) is 1.05. The van der Waals surface area contributed by atoms with E-state index in [1.807, 2.05) is 0 Å². The van der Waals surface area contributed by atoms with E-state index in [0.29, 0.717) is 0 Å². The Labute approximate surface area is 46.0 Å². The summed E-state index contributed by atoms with van der Waals surface area (Å²) in [5.41, 5.74) is 2.20. The molecule has 3 N–H and O–H groups in total. The van der Waals surface area contributed by atoms with Crippen molar-refractivity contribution in [3.8, 4) is 0 Å². The summed E-state index contributed by atoms with van der Waals surface area (Å²) in [6.45, 7) is 3.07. The molecule has 0 aromatic heterocycles. The molecule has 40 valence electrons. The fourth-order valence-corrected chi connectivity index (χ4v) is 0.154. The van der Waals surface area contributed by atoms with Gasteiger partial charge >= 0.3 is 0 Å². The summed E-state index contributed by atoms with van der Waals surface area (Å²) in [5, 5.41) is 6.20. The Hall–Kier alpha value is -0.770. The zero-order valence-corrected chi connectivity index (χ0v) is 4.31. The first-order valence-corrected chi connectivity index (χ1v) is 1.84. The highest BCUT2D eigenvalue weighted by molar-refractivity contribution is 6.64. The number of hydrogen-bond acceptors (Lipinski definition) is 3. The Balaban J connectivity index is 3.36. The molecule has 0 radical (unpaired) electrons. The molecular formula is C2H5ClN4. The molecule has 5 heteroatoms. The molecule has 0 aliphatic rings. The van der Waals surface area contributed by atoms with E-state index in [2.05, 4.69) is 28.2 Å². The van der Waals surface area contributed by atoms with Crippen molar-refractivity contribution in [3.63, 3.8) is 0 Å². The van der Waals surface area contributed by atoms with Gasteiger partial charge in [-0.15, -0.1) is 0 Å². The summed E-state index contributed by atoms with van der Waals surface area (Å²) in [7, 11) is 0. The fourth-order valence-electron chi connectivity index (χ4n) is 0.0941. The van der Waals surface area contributed by atoms with Crippen LogP contribution in [0.25, 0.3) is 0 Å². The first kappa shape index (κ1) is 6.23. The first-order valence-electron chi connectivity index (χ1n) is 1.46. The van der Waals surface area contributed by atoms with Crippen LogP contribution in [0.3, 0.4) is 0 Å². The standard InChI is InChI=1S/C2H5ClN4/c1-5-7-2(3)6-4/h1,4H2,(H,6,7). The Morgan fingerprint density at radius 3 is 2.57 bits per heavy atom. The van der Waals surface area contributed by atoms with Crippen molar-refractivity contribution in [3.05, 3.63) is 0 Å². The van der Waals surface area contributed by atoms with Gasteiger partial charge < -0.3 is 5.84 Å². The van der Waals surface area contributed by atoms with Crippen LogP contribution >= 0.6 is 11.6 Å². The van der Waals surface area contributed by atoms with E-state index in [4.69, 9.17) is 11.6 Å². The van der Waals surface area contributed by atoms with Crippen molar-refractivity contribution in [2.24, 2.45) is 16.0 Å². The van der Waals surface area contributed by atoms with Gasteiger partial charge in [-0.05, 0) is 11.6 Å². The number of rotatable bonds is 1. The molecule has 0 atom stereocenters. The van der Waals surface area contributed by atoms with Gasteiger partial charge in [0.1, 0.15) is 0 Å². The lowest BCUT2D eigenvalue weighted by Gasteiger charge is -1.87. The number of amidine groups is 1. The largest absolute Gasteiger partial charge is 0.320 e. The fraction of sp³-hybridized carbons (Fsp3) is 0. The summed E-state index contributed by atoms with van der Waals surface area (Å²) in [5.74, 6) is 4.66. The maximum Gasteiger partial charge on any atom is 0.234 e. The quantitative estimate of drug-likeness (QED) is 0.164. The van der Waals surface area contributed by atoms with Crippen molar-refractivity contribution >= 4 is 23.6 Å². The maximum atomic E-state index is 5.15. The zero-order valence-electron chi connectivity index (χ0n) is 3.56. The summed E-state index contributed by atoms with van der Waals surface area (Å²) < 4.78 is 0. The second kappa shape index (κ2) is 3.42. The van der Waals surface area contributed by atoms with Crippen molar-refractivity contribution < 1.29 is 0 Å². The van der Waals surface area contributed by atoms with Crippen molar-refractivity contribution in [2.45, 2.75) is 0 Å².